The lowest BCUT2D eigenvalue weighted by atomic mass is 9.94. The number of fused-ring (bicyclic) bond motifs is 3. The summed E-state index contributed by atoms with van der Waals surface area (Å²) in [7, 11) is 1.63. The second-order valence-corrected chi connectivity index (χ2v) is 7.41. The smallest absolute Gasteiger partial charge is 0.227 e. The number of nitrogens with zero attached hydrogens (tertiary/aromatic N) is 1. The van der Waals surface area contributed by atoms with Gasteiger partial charge in [0.2, 0.25) is 5.89 Å². The molecule has 3 nitrogen and oxygen atoms in total. The van der Waals surface area contributed by atoms with Gasteiger partial charge in [0.15, 0.2) is 5.58 Å². The highest BCUT2D eigenvalue weighted by molar-refractivity contribution is 6.31. The predicted molar refractivity (Wildman–Crippen MR) is 123 cm³/mol. The zero-order valence-corrected chi connectivity index (χ0v) is 17.1. The van der Waals surface area contributed by atoms with Crippen molar-refractivity contribution in [2.75, 3.05) is 7.11 Å². The van der Waals surface area contributed by atoms with Gasteiger partial charge >= 0.3 is 0 Å². The van der Waals surface area contributed by atoms with Crippen molar-refractivity contribution in [2.45, 2.75) is 0 Å². The average Bonchev–Trinajstić information content (AvgIpc) is 3.23. The van der Waals surface area contributed by atoms with Gasteiger partial charge < -0.3 is 9.15 Å². The van der Waals surface area contributed by atoms with Crippen LogP contribution in [0.1, 0.15) is 5.56 Å². The fourth-order valence-corrected chi connectivity index (χ4v) is 3.90. The van der Waals surface area contributed by atoms with E-state index < -0.39 is 0 Å². The molecule has 0 saturated heterocycles. The van der Waals surface area contributed by atoms with Gasteiger partial charge in [0.1, 0.15) is 5.52 Å². The Morgan fingerprint density at radius 3 is 2.43 bits per heavy atom. The van der Waals surface area contributed by atoms with Gasteiger partial charge in [-0.1, -0.05) is 60.1 Å². The Labute approximate surface area is 179 Å². The monoisotopic (exact) mass is 411 g/mol. The van der Waals surface area contributed by atoms with Crippen molar-refractivity contribution >= 4 is 39.5 Å². The molecule has 0 aliphatic heterocycles. The molecule has 0 bridgehead atoms. The first-order valence-electron chi connectivity index (χ1n) is 9.61. The van der Waals surface area contributed by atoms with Crippen molar-refractivity contribution in [2.24, 2.45) is 0 Å². The molecule has 0 unspecified atom stereocenters. The molecule has 4 aromatic carbocycles. The van der Waals surface area contributed by atoms with Gasteiger partial charge in [-0.2, -0.15) is 0 Å². The van der Waals surface area contributed by atoms with Gasteiger partial charge in [0.05, 0.1) is 13.4 Å². The second-order valence-electron chi connectivity index (χ2n) is 6.97. The van der Waals surface area contributed by atoms with E-state index in [1.165, 1.54) is 0 Å². The maximum Gasteiger partial charge on any atom is 0.227 e. The Bertz CT molecular complexity index is 1390. The third kappa shape index (κ3) is 3.23. The molecule has 5 rings (SSSR count). The van der Waals surface area contributed by atoms with E-state index in [1.807, 2.05) is 66.7 Å². The van der Waals surface area contributed by atoms with Gasteiger partial charge in [-0.15, -0.1) is 0 Å². The van der Waals surface area contributed by atoms with Crippen molar-refractivity contribution in [3.05, 3.63) is 95.7 Å². The first-order chi connectivity index (χ1) is 14.7. The lowest BCUT2D eigenvalue weighted by Crippen LogP contribution is -1.87. The Morgan fingerprint density at radius 1 is 0.867 bits per heavy atom. The van der Waals surface area contributed by atoms with E-state index in [9.17, 15) is 0 Å². The Balaban J connectivity index is 1.81. The molecular weight excluding hydrogens is 394 g/mol. The Kier molecular flexibility index (Phi) is 4.74. The molecule has 4 heteroatoms. The quantitative estimate of drug-likeness (QED) is 0.286. The molecule has 0 atom stereocenters. The summed E-state index contributed by atoms with van der Waals surface area (Å²) >= 11 is 6.36. The summed E-state index contributed by atoms with van der Waals surface area (Å²) in [5.41, 5.74) is 5.61. The molecule has 1 heterocycles. The first kappa shape index (κ1) is 18.5. The van der Waals surface area contributed by atoms with Gasteiger partial charge in [0.25, 0.3) is 0 Å². The summed E-state index contributed by atoms with van der Waals surface area (Å²) in [6.45, 7) is 0. The zero-order chi connectivity index (χ0) is 20.5. The number of hydrogen-bond donors (Lipinski definition) is 0. The van der Waals surface area contributed by atoms with E-state index in [0.29, 0.717) is 10.9 Å². The van der Waals surface area contributed by atoms with Crippen molar-refractivity contribution in [3.63, 3.8) is 0 Å². The van der Waals surface area contributed by atoms with Crippen LogP contribution in [0, 0.1) is 0 Å². The van der Waals surface area contributed by atoms with Crippen LogP contribution in [0.4, 0.5) is 0 Å². The summed E-state index contributed by atoms with van der Waals surface area (Å²) in [5.74, 6) is 0.610. The SMILES string of the molecule is CO/C=C/c1ccc(Cl)cc1-c1cc2nc(-c3ccccc3)oc2c2ccccc12. The fourth-order valence-electron chi connectivity index (χ4n) is 3.73. The molecule has 0 spiro atoms. The largest absolute Gasteiger partial charge is 0.504 e. The van der Waals surface area contributed by atoms with Crippen LogP contribution in [-0.2, 0) is 4.74 Å². The molecule has 0 radical (unpaired) electrons. The van der Waals surface area contributed by atoms with E-state index in [-0.39, 0.29) is 0 Å². The van der Waals surface area contributed by atoms with Crippen molar-refractivity contribution in [1.29, 1.82) is 0 Å². The number of methoxy groups -OCH3 is 1. The molecule has 0 saturated carbocycles. The average molecular weight is 412 g/mol. The molecule has 0 amide bonds. The molecule has 0 fully saturated rings. The maximum absolute atomic E-state index is 6.36. The van der Waals surface area contributed by atoms with Crippen LogP contribution in [0.15, 0.2) is 89.5 Å². The first-order valence-corrected chi connectivity index (χ1v) is 9.99. The summed E-state index contributed by atoms with van der Waals surface area (Å²) in [6, 6.07) is 26.1. The summed E-state index contributed by atoms with van der Waals surface area (Å²) in [6.07, 6.45) is 3.60. The number of oxazole rings is 1. The minimum absolute atomic E-state index is 0.610. The predicted octanol–water partition coefficient (Wildman–Crippen LogP) is 7.59. The topological polar surface area (TPSA) is 35.3 Å². The number of rotatable bonds is 4. The third-order valence-electron chi connectivity index (χ3n) is 5.11. The molecule has 0 N–H and O–H groups in total. The fraction of sp³-hybridized carbons (Fsp3) is 0.0385. The van der Waals surface area contributed by atoms with Crippen molar-refractivity contribution in [1.82, 2.24) is 4.98 Å². The summed E-state index contributed by atoms with van der Waals surface area (Å²) in [5, 5.41) is 2.77. The Hall–Kier alpha value is -3.56. The van der Waals surface area contributed by atoms with Crippen LogP contribution in [-0.4, -0.2) is 12.1 Å². The highest BCUT2D eigenvalue weighted by Gasteiger charge is 2.16. The van der Waals surface area contributed by atoms with Crippen LogP contribution in [0.2, 0.25) is 5.02 Å². The number of benzene rings is 4. The standard InChI is InChI=1S/C26H18ClNO2/c1-29-14-13-17-11-12-19(27)15-22(17)23-16-24-25(21-10-6-5-9-20(21)23)30-26(28-24)18-7-3-2-4-8-18/h2-16H,1H3/b14-13+. The van der Waals surface area contributed by atoms with Crippen LogP contribution >= 0.6 is 11.6 Å². The van der Waals surface area contributed by atoms with E-state index in [2.05, 4.69) is 18.2 Å². The summed E-state index contributed by atoms with van der Waals surface area (Å²) in [4.78, 5) is 4.79. The van der Waals surface area contributed by atoms with Gasteiger partial charge in [0, 0.05) is 16.0 Å². The minimum atomic E-state index is 0.610. The van der Waals surface area contributed by atoms with Crippen LogP contribution in [0.25, 0.3) is 50.5 Å². The molecule has 1 aromatic heterocycles. The summed E-state index contributed by atoms with van der Waals surface area (Å²) < 4.78 is 11.3. The molecule has 5 aromatic rings. The highest BCUT2D eigenvalue weighted by atomic mass is 35.5. The van der Waals surface area contributed by atoms with E-state index in [0.717, 1.165) is 44.1 Å². The normalized spacial score (nSPS) is 11.5. The zero-order valence-electron chi connectivity index (χ0n) is 16.3. The van der Waals surface area contributed by atoms with Crippen LogP contribution in [0.5, 0.6) is 0 Å². The molecule has 146 valence electrons. The van der Waals surface area contributed by atoms with E-state index >= 15 is 0 Å². The lowest BCUT2D eigenvalue weighted by molar-refractivity contribution is 0.341. The molecule has 0 aliphatic carbocycles. The van der Waals surface area contributed by atoms with Crippen molar-refractivity contribution in [3.8, 4) is 22.6 Å². The highest BCUT2D eigenvalue weighted by Crippen LogP contribution is 2.39. The third-order valence-corrected chi connectivity index (χ3v) is 5.34. The van der Waals surface area contributed by atoms with E-state index in [4.69, 9.17) is 25.7 Å². The second kappa shape index (κ2) is 7.69. The number of halogens is 1. The molecular formula is C26H18ClNO2. The number of hydrogen-bond acceptors (Lipinski definition) is 3. The van der Waals surface area contributed by atoms with E-state index in [1.54, 1.807) is 13.4 Å². The van der Waals surface area contributed by atoms with Crippen molar-refractivity contribution < 1.29 is 9.15 Å². The molecule has 30 heavy (non-hydrogen) atoms. The van der Waals surface area contributed by atoms with Gasteiger partial charge in [-0.25, -0.2) is 4.98 Å². The number of ether oxygens (including phenoxy) is 1. The maximum atomic E-state index is 6.36. The number of aromatic nitrogens is 1. The Morgan fingerprint density at radius 2 is 1.63 bits per heavy atom. The molecule has 0 aliphatic rings. The van der Waals surface area contributed by atoms with Crippen LogP contribution < -0.4 is 0 Å². The van der Waals surface area contributed by atoms with Gasteiger partial charge in [-0.3, -0.25) is 0 Å². The van der Waals surface area contributed by atoms with Gasteiger partial charge in [-0.05, 0) is 58.5 Å². The lowest BCUT2D eigenvalue weighted by Gasteiger charge is -2.11. The minimum Gasteiger partial charge on any atom is -0.504 e. The van der Waals surface area contributed by atoms with Crippen LogP contribution in [0.3, 0.4) is 0 Å².